The summed E-state index contributed by atoms with van der Waals surface area (Å²) in [7, 11) is 3.93. The SMILES string of the molecule is Cc1ccc(NC(=O)c2ncccc2N)cc1N(C)C. The molecule has 20 heavy (non-hydrogen) atoms. The second kappa shape index (κ2) is 5.61. The monoisotopic (exact) mass is 270 g/mol. The van der Waals surface area contributed by atoms with Crippen molar-refractivity contribution in [3.05, 3.63) is 47.8 Å². The third-order valence-corrected chi connectivity index (χ3v) is 3.00. The van der Waals surface area contributed by atoms with Gasteiger partial charge in [-0.1, -0.05) is 6.07 Å². The maximum Gasteiger partial charge on any atom is 0.276 e. The number of nitrogens with one attached hydrogen (secondary N) is 1. The molecule has 0 bridgehead atoms. The molecule has 0 aliphatic rings. The molecule has 1 heterocycles. The van der Waals surface area contributed by atoms with Gasteiger partial charge >= 0.3 is 0 Å². The molecule has 1 aromatic carbocycles. The van der Waals surface area contributed by atoms with Crippen molar-refractivity contribution in [3.8, 4) is 0 Å². The Hall–Kier alpha value is -2.56. The molecular formula is C15H18N4O. The smallest absolute Gasteiger partial charge is 0.276 e. The third-order valence-electron chi connectivity index (χ3n) is 3.00. The van der Waals surface area contributed by atoms with Gasteiger partial charge in [0.25, 0.3) is 5.91 Å². The van der Waals surface area contributed by atoms with Crippen LogP contribution in [-0.2, 0) is 0 Å². The number of nitrogens with zero attached hydrogens (tertiary/aromatic N) is 2. The van der Waals surface area contributed by atoms with Crippen LogP contribution in [0.3, 0.4) is 0 Å². The largest absolute Gasteiger partial charge is 0.397 e. The number of aromatic nitrogens is 1. The fourth-order valence-electron chi connectivity index (χ4n) is 1.97. The maximum atomic E-state index is 12.1. The fourth-order valence-corrected chi connectivity index (χ4v) is 1.97. The predicted octanol–water partition coefficient (Wildman–Crippen LogP) is 2.29. The van der Waals surface area contributed by atoms with Crippen LogP contribution in [0.2, 0.25) is 0 Å². The Labute approximate surface area is 118 Å². The summed E-state index contributed by atoms with van der Waals surface area (Å²) in [6, 6.07) is 9.10. The standard InChI is InChI=1S/C15H18N4O/c1-10-6-7-11(9-13(10)19(2)3)18-15(20)14-12(16)5-4-8-17-14/h4-9H,16H2,1-3H3,(H,18,20). The van der Waals surface area contributed by atoms with Crippen molar-refractivity contribution in [2.45, 2.75) is 6.92 Å². The number of amides is 1. The summed E-state index contributed by atoms with van der Waals surface area (Å²) in [5.41, 5.74) is 9.26. The molecule has 2 rings (SSSR count). The molecule has 2 aromatic rings. The summed E-state index contributed by atoms with van der Waals surface area (Å²) < 4.78 is 0. The minimum Gasteiger partial charge on any atom is -0.397 e. The molecule has 5 nitrogen and oxygen atoms in total. The lowest BCUT2D eigenvalue weighted by molar-refractivity contribution is 0.102. The Morgan fingerprint density at radius 3 is 2.70 bits per heavy atom. The Bertz CT molecular complexity index is 638. The Balaban J connectivity index is 2.25. The van der Waals surface area contributed by atoms with E-state index in [1.54, 1.807) is 18.3 Å². The topological polar surface area (TPSA) is 71.2 Å². The van der Waals surface area contributed by atoms with Crippen molar-refractivity contribution in [2.75, 3.05) is 30.0 Å². The molecule has 5 heteroatoms. The van der Waals surface area contributed by atoms with E-state index in [1.165, 1.54) is 0 Å². The third kappa shape index (κ3) is 2.88. The van der Waals surface area contributed by atoms with E-state index in [-0.39, 0.29) is 11.6 Å². The highest BCUT2D eigenvalue weighted by atomic mass is 16.1. The van der Waals surface area contributed by atoms with E-state index in [1.807, 2.05) is 44.1 Å². The van der Waals surface area contributed by atoms with Gasteiger partial charge in [0.05, 0.1) is 5.69 Å². The number of carbonyl (C=O) groups is 1. The van der Waals surface area contributed by atoms with Gasteiger partial charge in [0.1, 0.15) is 0 Å². The van der Waals surface area contributed by atoms with Gasteiger partial charge in [0, 0.05) is 31.7 Å². The van der Waals surface area contributed by atoms with Crippen LogP contribution < -0.4 is 16.0 Å². The van der Waals surface area contributed by atoms with Gasteiger partial charge in [0.15, 0.2) is 5.69 Å². The van der Waals surface area contributed by atoms with Gasteiger partial charge in [-0.25, -0.2) is 4.98 Å². The Morgan fingerprint density at radius 1 is 1.30 bits per heavy atom. The maximum absolute atomic E-state index is 12.1. The first-order valence-corrected chi connectivity index (χ1v) is 6.29. The first-order valence-electron chi connectivity index (χ1n) is 6.29. The van der Waals surface area contributed by atoms with Crippen molar-refractivity contribution < 1.29 is 4.79 Å². The summed E-state index contributed by atoms with van der Waals surface area (Å²) in [5.74, 6) is -0.309. The Kier molecular flexibility index (Phi) is 3.89. The molecule has 1 aromatic heterocycles. The molecule has 0 fully saturated rings. The second-order valence-electron chi connectivity index (χ2n) is 4.79. The van der Waals surface area contributed by atoms with Gasteiger partial charge in [0.2, 0.25) is 0 Å². The number of aryl methyl sites for hydroxylation is 1. The molecular weight excluding hydrogens is 252 g/mol. The number of benzene rings is 1. The molecule has 0 saturated carbocycles. The van der Waals surface area contributed by atoms with E-state index in [0.717, 1.165) is 11.3 Å². The molecule has 0 aliphatic heterocycles. The average Bonchev–Trinajstić information content (AvgIpc) is 2.41. The first-order chi connectivity index (χ1) is 9.49. The zero-order valence-electron chi connectivity index (χ0n) is 11.8. The highest BCUT2D eigenvalue weighted by Crippen LogP contribution is 2.23. The number of rotatable bonds is 3. The first kappa shape index (κ1) is 13.9. The Morgan fingerprint density at radius 2 is 2.05 bits per heavy atom. The van der Waals surface area contributed by atoms with E-state index >= 15 is 0 Å². The molecule has 0 spiro atoms. The molecule has 0 aliphatic carbocycles. The molecule has 0 radical (unpaired) electrons. The van der Waals surface area contributed by atoms with Gasteiger partial charge in [-0.05, 0) is 36.8 Å². The van der Waals surface area contributed by atoms with E-state index in [9.17, 15) is 4.79 Å². The number of pyridine rings is 1. The number of carbonyl (C=O) groups excluding carboxylic acids is 1. The predicted molar refractivity (Wildman–Crippen MR) is 82.1 cm³/mol. The summed E-state index contributed by atoms with van der Waals surface area (Å²) in [6.45, 7) is 2.03. The van der Waals surface area contributed by atoms with Crippen LogP contribution in [0.5, 0.6) is 0 Å². The number of nitrogen functional groups attached to an aromatic ring is 1. The summed E-state index contributed by atoms with van der Waals surface area (Å²) in [5, 5.41) is 2.81. The zero-order valence-corrected chi connectivity index (χ0v) is 11.8. The minimum atomic E-state index is -0.309. The van der Waals surface area contributed by atoms with E-state index < -0.39 is 0 Å². The van der Waals surface area contributed by atoms with Crippen LogP contribution in [0.15, 0.2) is 36.5 Å². The average molecular weight is 270 g/mol. The van der Waals surface area contributed by atoms with E-state index in [4.69, 9.17) is 5.73 Å². The molecule has 3 N–H and O–H groups in total. The van der Waals surface area contributed by atoms with E-state index in [2.05, 4.69) is 10.3 Å². The van der Waals surface area contributed by atoms with Crippen LogP contribution in [0.1, 0.15) is 16.1 Å². The lowest BCUT2D eigenvalue weighted by Gasteiger charge is -2.17. The molecule has 0 unspecified atom stereocenters. The van der Waals surface area contributed by atoms with Crippen LogP contribution in [-0.4, -0.2) is 25.0 Å². The zero-order chi connectivity index (χ0) is 14.7. The van der Waals surface area contributed by atoms with Crippen LogP contribution in [0, 0.1) is 6.92 Å². The number of nitrogens with two attached hydrogens (primary N) is 1. The molecule has 104 valence electrons. The van der Waals surface area contributed by atoms with Crippen molar-refractivity contribution in [1.82, 2.24) is 4.98 Å². The molecule has 0 atom stereocenters. The normalized spacial score (nSPS) is 10.2. The van der Waals surface area contributed by atoms with Crippen molar-refractivity contribution >= 4 is 23.0 Å². The summed E-state index contributed by atoms with van der Waals surface area (Å²) in [4.78, 5) is 18.1. The van der Waals surface area contributed by atoms with Crippen LogP contribution in [0.25, 0.3) is 0 Å². The van der Waals surface area contributed by atoms with Gasteiger partial charge < -0.3 is 16.0 Å². The second-order valence-corrected chi connectivity index (χ2v) is 4.79. The molecule has 0 saturated heterocycles. The highest BCUT2D eigenvalue weighted by molar-refractivity contribution is 6.06. The fraction of sp³-hybridized carbons (Fsp3) is 0.200. The van der Waals surface area contributed by atoms with Gasteiger partial charge in [-0.3, -0.25) is 4.79 Å². The summed E-state index contributed by atoms with van der Waals surface area (Å²) >= 11 is 0. The highest BCUT2D eigenvalue weighted by Gasteiger charge is 2.12. The van der Waals surface area contributed by atoms with Crippen LogP contribution in [0.4, 0.5) is 17.1 Å². The summed E-state index contributed by atoms with van der Waals surface area (Å²) in [6.07, 6.45) is 1.55. The van der Waals surface area contributed by atoms with Crippen molar-refractivity contribution in [2.24, 2.45) is 0 Å². The van der Waals surface area contributed by atoms with Gasteiger partial charge in [-0.15, -0.1) is 0 Å². The number of hydrogen-bond donors (Lipinski definition) is 2. The number of anilines is 3. The van der Waals surface area contributed by atoms with Crippen LogP contribution >= 0.6 is 0 Å². The quantitative estimate of drug-likeness (QED) is 0.897. The van der Waals surface area contributed by atoms with Gasteiger partial charge in [-0.2, -0.15) is 0 Å². The van der Waals surface area contributed by atoms with Crippen molar-refractivity contribution in [1.29, 1.82) is 0 Å². The lowest BCUT2D eigenvalue weighted by Crippen LogP contribution is -2.16. The molecule has 1 amide bonds. The minimum absolute atomic E-state index is 0.236. The number of hydrogen-bond acceptors (Lipinski definition) is 4. The lowest BCUT2D eigenvalue weighted by atomic mass is 10.1. The van der Waals surface area contributed by atoms with E-state index in [0.29, 0.717) is 11.4 Å². The van der Waals surface area contributed by atoms with Crippen molar-refractivity contribution in [3.63, 3.8) is 0 Å².